The van der Waals surface area contributed by atoms with Gasteiger partial charge in [-0.3, -0.25) is 9.48 Å². The molecule has 2 aromatic rings. The van der Waals surface area contributed by atoms with Gasteiger partial charge in [0.1, 0.15) is 12.4 Å². The Morgan fingerprint density at radius 3 is 2.75 bits per heavy atom. The van der Waals surface area contributed by atoms with Gasteiger partial charge < -0.3 is 4.74 Å². The second-order valence-electron chi connectivity index (χ2n) is 4.87. The first-order valence-corrected chi connectivity index (χ1v) is 7.24. The fourth-order valence-corrected chi connectivity index (χ4v) is 2.16. The zero-order chi connectivity index (χ0) is 14.7. The standard InChI is InChI=1S/C15H17BrN2O2/c1-10(2)18-7-6-13(17-18)9-20-15-5-4-12(16)8-14(15)11(3)19/h4-8,10H,9H2,1-3H3. The Labute approximate surface area is 126 Å². The number of carbonyl (C=O) groups is 1. The minimum Gasteiger partial charge on any atom is -0.486 e. The molecule has 0 fully saturated rings. The molecule has 5 heteroatoms. The fourth-order valence-electron chi connectivity index (χ4n) is 1.80. The quantitative estimate of drug-likeness (QED) is 0.775. The summed E-state index contributed by atoms with van der Waals surface area (Å²) in [5.74, 6) is 0.564. The Morgan fingerprint density at radius 1 is 1.40 bits per heavy atom. The molecule has 0 unspecified atom stereocenters. The minimum absolute atomic E-state index is 0.0194. The van der Waals surface area contributed by atoms with Gasteiger partial charge in [-0.05, 0) is 45.0 Å². The molecule has 0 saturated carbocycles. The van der Waals surface area contributed by atoms with Gasteiger partial charge in [-0.25, -0.2) is 0 Å². The van der Waals surface area contributed by atoms with Crippen LogP contribution in [0.5, 0.6) is 5.75 Å². The normalized spacial score (nSPS) is 10.8. The van der Waals surface area contributed by atoms with Crippen molar-refractivity contribution in [3.05, 3.63) is 46.2 Å². The number of ketones is 1. The summed E-state index contributed by atoms with van der Waals surface area (Å²) in [6.45, 7) is 6.02. The Hall–Kier alpha value is -1.62. The topological polar surface area (TPSA) is 44.1 Å². The van der Waals surface area contributed by atoms with Crippen LogP contribution in [0.4, 0.5) is 0 Å². The van der Waals surface area contributed by atoms with Crippen LogP contribution in [-0.2, 0) is 6.61 Å². The van der Waals surface area contributed by atoms with Gasteiger partial charge in [0, 0.05) is 16.7 Å². The van der Waals surface area contributed by atoms with E-state index in [-0.39, 0.29) is 5.78 Å². The average molecular weight is 337 g/mol. The van der Waals surface area contributed by atoms with E-state index in [1.807, 2.05) is 23.0 Å². The molecule has 4 nitrogen and oxygen atoms in total. The van der Waals surface area contributed by atoms with E-state index in [2.05, 4.69) is 34.9 Å². The lowest BCUT2D eigenvalue weighted by Gasteiger charge is -2.09. The van der Waals surface area contributed by atoms with E-state index >= 15 is 0 Å². The minimum atomic E-state index is -0.0194. The summed E-state index contributed by atoms with van der Waals surface area (Å²) in [5.41, 5.74) is 1.42. The van der Waals surface area contributed by atoms with Crippen molar-refractivity contribution < 1.29 is 9.53 Å². The lowest BCUT2D eigenvalue weighted by molar-refractivity contribution is 0.101. The SMILES string of the molecule is CC(=O)c1cc(Br)ccc1OCc1ccn(C(C)C)n1. The van der Waals surface area contributed by atoms with Crippen molar-refractivity contribution in [1.29, 1.82) is 0 Å². The van der Waals surface area contributed by atoms with Gasteiger partial charge in [-0.1, -0.05) is 15.9 Å². The van der Waals surface area contributed by atoms with E-state index in [4.69, 9.17) is 4.74 Å². The van der Waals surface area contributed by atoms with Crippen molar-refractivity contribution in [3.8, 4) is 5.75 Å². The second-order valence-corrected chi connectivity index (χ2v) is 5.78. The molecule has 0 spiro atoms. The number of rotatable bonds is 5. The smallest absolute Gasteiger partial charge is 0.163 e. The molecule has 0 radical (unpaired) electrons. The first kappa shape index (κ1) is 14.8. The van der Waals surface area contributed by atoms with Gasteiger partial charge in [0.05, 0.1) is 11.3 Å². The van der Waals surface area contributed by atoms with Crippen LogP contribution in [0.1, 0.15) is 42.9 Å². The Balaban J connectivity index is 2.12. The molecule has 0 atom stereocenters. The molecule has 0 aliphatic carbocycles. The lowest BCUT2D eigenvalue weighted by Crippen LogP contribution is -2.05. The molecule has 106 valence electrons. The maximum absolute atomic E-state index is 11.6. The summed E-state index contributed by atoms with van der Waals surface area (Å²) in [6.07, 6.45) is 1.93. The molecule has 0 bridgehead atoms. The Bertz CT molecular complexity index is 620. The van der Waals surface area contributed by atoms with Gasteiger partial charge in [-0.15, -0.1) is 0 Å². The molecule has 0 N–H and O–H groups in total. The third kappa shape index (κ3) is 3.48. The first-order chi connectivity index (χ1) is 9.47. The maximum Gasteiger partial charge on any atom is 0.163 e. The number of benzene rings is 1. The van der Waals surface area contributed by atoms with E-state index in [0.29, 0.717) is 24.0 Å². The van der Waals surface area contributed by atoms with Crippen molar-refractivity contribution >= 4 is 21.7 Å². The monoisotopic (exact) mass is 336 g/mol. The van der Waals surface area contributed by atoms with Crippen LogP contribution in [0.3, 0.4) is 0 Å². The van der Waals surface area contributed by atoms with Crippen LogP contribution in [-0.4, -0.2) is 15.6 Å². The van der Waals surface area contributed by atoms with E-state index in [9.17, 15) is 4.79 Å². The number of hydrogen-bond acceptors (Lipinski definition) is 3. The highest BCUT2D eigenvalue weighted by molar-refractivity contribution is 9.10. The van der Waals surface area contributed by atoms with Crippen molar-refractivity contribution in [2.24, 2.45) is 0 Å². The van der Waals surface area contributed by atoms with Crippen molar-refractivity contribution in [1.82, 2.24) is 9.78 Å². The van der Waals surface area contributed by atoms with Gasteiger partial charge >= 0.3 is 0 Å². The molecule has 1 aromatic heterocycles. The van der Waals surface area contributed by atoms with Crippen LogP contribution in [0.2, 0.25) is 0 Å². The third-order valence-electron chi connectivity index (χ3n) is 2.89. The number of aromatic nitrogens is 2. The number of Topliss-reactive ketones (excluding diaryl/α,β-unsaturated/α-hetero) is 1. The highest BCUT2D eigenvalue weighted by Gasteiger charge is 2.10. The maximum atomic E-state index is 11.6. The molecule has 0 amide bonds. The molecular formula is C15H17BrN2O2. The second kappa shape index (κ2) is 6.22. The van der Waals surface area contributed by atoms with Crippen LogP contribution in [0.15, 0.2) is 34.9 Å². The molecule has 0 aliphatic heterocycles. The van der Waals surface area contributed by atoms with Crippen LogP contribution in [0, 0.1) is 0 Å². The summed E-state index contributed by atoms with van der Waals surface area (Å²) < 4.78 is 8.46. The van der Waals surface area contributed by atoms with E-state index in [1.54, 1.807) is 12.1 Å². The van der Waals surface area contributed by atoms with Crippen LogP contribution >= 0.6 is 15.9 Å². The highest BCUT2D eigenvalue weighted by atomic mass is 79.9. The number of ether oxygens (including phenoxy) is 1. The summed E-state index contributed by atoms with van der Waals surface area (Å²) in [6, 6.07) is 7.66. The number of carbonyl (C=O) groups excluding carboxylic acids is 1. The van der Waals surface area contributed by atoms with Crippen LogP contribution in [0.25, 0.3) is 0 Å². The Morgan fingerprint density at radius 2 is 2.15 bits per heavy atom. The third-order valence-corrected chi connectivity index (χ3v) is 3.38. The summed E-state index contributed by atoms with van der Waals surface area (Å²) >= 11 is 3.36. The molecule has 2 rings (SSSR count). The van der Waals surface area contributed by atoms with Crippen molar-refractivity contribution in [2.45, 2.75) is 33.4 Å². The summed E-state index contributed by atoms with van der Waals surface area (Å²) in [4.78, 5) is 11.6. The van der Waals surface area contributed by atoms with E-state index in [0.717, 1.165) is 10.2 Å². The van der Waals surface area contributed by atoms with E-state index < -0.39 is 0 Å². The van der Waals surface area contributed by atoms with Gasteiger partial charge in [0.25, 0.3) is 0 Å². The van der Waals surface area contributed by atoms with Crippen LogP contribution < -0.4 is 4.74 Å². The molecule has 0 aliphatic rings. The molecule has 0 saturated heterocycles. The zero-order valence-electron chi connectivity index (χ0n) is 11.8. The Kier molecular flexibility index (Phi) is 4.60. The van der Waals surface area contributed by atoms with Crippen molar-refractivity contribution in [2.75, 3.05) is 0 Å². The van der Waals surface area contributed by atoms with Gasteiger partial charge in [0.2, 0.25) is 0 Å². The van der Waals surface area contributed by atoms with Gasteiger partial charge in [0.15, 0.2) is 5.78 Å². The predicted octanol–water partition coefficient (Wildman–Crippen LogP) is 4.01. The largest absolute Gasteiger partial charge is 0.486 e. The molecule has 20 heavy (non-hydrogen) atoms. The predicted molar refractivity (Wildman–Crippen MR) is 81.1 cm³/mol. The zero-order valence-corrected chi connectivity index (χ0v) is 13.3. The van der Waals surface area contributed by atoms with Gasteiger partial charge in [-0.2, -0.15) is 5.10 Å². The number of hydrogen-bond donors (Lipinski definition) is 0. The van der Waals surface area contributed by atoms with Crippen molar-refractivity contribution in [3.63, 3.8) is 0 Å². The average Bonchev–Trinajstić information content (AvgIpc) is 2.86. The molecule has 1 aromatic carbocycles. The molecule has 1 heterocycles. The fraction of sp³-hybridized carbons (Fsp3) is 0.333. The number of halogens is 1. The summed E-state index contributed by atoms with van der Waals surface area (Å²) in [5, 5.41) is 4.41. The molecular weight excluding hydrogens is 320 g/mol. The highest BCUT2D eigenvalue weighted by Crippen LogP contribution is 2.24. The lowest BCUT2D eigenvalue weighted by atomic mass is 10.1. The number of nitrogens with zero attached hydrogens (tertiary/aromatic N) is 2. The van der Waals surface area contributed by atoms with E-state index in [1.165, 1.54) is 6.92 Å². The first-order valence-electron chi connectivity index (χ1n) is 6.44. The summed E-state index contributed by atoms with van der Waals surface area (Å²) in [7, 11) is 0.